The van der Waals surface area contributed by atoms with Crippen molar-refractivity contribution in [2.75, 3.05) is 32.8 Å². The predicted molar refractivity (Wildman–Crippen MR) is 61.8 cm³/mol. The lowest BCUT2D eigenvalue weighted by molar-refractivity contribution is -0.0851. The normalized spacial score (nSPS) is 30.6. The monoisotopic (exact) mass is 212 g/mol. The van der Waals surface area contributed by atoms with E-state index in [1.165, 1.54) is 45.3 Å². The molecule has 2 aliphatic rings. The lowest BCUT2D eigenvalue weighted by Crippen LogP contribution is -2.46. The van der Waals surface area contributed by atoms with Crippen LogP contribution in [0.1, 0.15) is 32.6 Å². The Kier molecular flexibility index (Phi) is 4.42. The lowest BCUT2D eigenvalue weighted by Gasteiger charge is -2.36. The average Bonchev–Trinajstić information content (AvgIpc) is 2.80. The Labute approximate surface area is 93.2 Å². The summed E-state index contributed by atoms with van der Waals surface area (Å²) in [6.07, 6.45) is 5.72. The summed E-state index contributed by atoms with van der Waals surface area (Å²) in [6, 6.07) is 0. The average molecular weight is 212 g/mol. The molecule has 0 aromatic rings. The van der Waals surface area contributed by atoms with Crippen LogP contribution in [-0.2, 0) is 4.74 Å². The Morgan fingerprint density at radius 1 is 1.33 bits per heavy atom. The second kappa shape index (κ2) is 5.83. The molecule has 2 fully saturated rings. The highest BCUT2D eigenvalue weighted by Crippen LogP contribution is 2.23. The summed E-state index contributed by atoms with van der Waals surface area (Å²) in [5.41, 5.74) is 0. The molecule has 0 aliphatic carbocycles. The fourth-order valence-electron chi connectivity index (χ4n) is 2.83. The lowest BCUT2D eigenvalue weighted by atomic mass is 9.97. The summed E-state index contributed by atoms with van der Waals surface area (Å²) < 4.78 is 5.95. The second-order valence-corrected chi connectivity index (χ2v) is 4.70. The molecule has 0 aromatic carbocycles. The fourth-order valence-corrected chi connectivity index (χ4v) is 2.83. The summed E-state index contributed by atoms with van der Waals surface area (Å²) in [6.45, 7) is 7.76. The maximum Gasteiger partial charge on any atom is 0.114 e. The van der Waals surface area contributed by atoms with E-state index < -0.39 is 0 Å². The van der Waals surface area contributed by atoms with Gasteiger partial charge in [-0.3, -0.25) is 4.90 Å². The molecule has 2 saturated heterocycles. The second-order valence-electron chi connectivity index (χ2n) is 4.70. The van der Waals surface area contributed by atoms with E-state index in [4.69, 9.17) is 4.74 Å². The molecule has 2 unspecified atom stereocenters. The van der Waals surface area contributed by atoms with E-state index in [2.05, 4.69) is 17.1 Å². The highest BCUT2D eigenvalue weighted by atomic mass is 16.5. The number of piperidine rings is 1. The molecular weight excluding hydrogens is 188 g/mol. The van der Waals surface area contributed by atoms with Crippen molar-refractivity contribution in [3.8, 4) is 0 Å². The van der Waals surface area contributed by atoms with Crippen LogP contribution < -0.4 is 5.32 Å². The van der Waals surface area contributed by atoms with Crippen LogP contribution in [0.25, 0.3) is 0 Å². The fraction of sp³-hybridized carbons (Fsp3) is 1.00. The molecule has 3 heteroatoms. The van der Waals surface area contributed by atoms with Crippen molar-refractivity contribution >= 4 is 0 Å². The molecule has 3 nitrogen and oxygen atoms in total. The van der Waals surface area contributed by atoms with E-state index in [9.17, 15) is 0 Å². The van der Waals surface area contributed by atoms with Crippen molar-refractivity contribution in [2.45, 2.75) is 38.8 Å². The van der Waals surface area contributed by atoms with Gasteiger partial charge in [-0.1, -0.05) is 0 Å². The molecule has 2 heterocycles. The van der Waals surface area contributed by atoms with E-state index in [1.807, 2.05) is 0 Å². The Bertz CT molecular complexity index is 174. The summed E-state index contributed by atoms with van der Waals surface area (Å²) in [5, 5.41) is 3.49. The van der Waals surface area contributed by atoms with Gasteiger partial charge in [0.25, 0.3) is 0 Å². The zero-order chi connectivity index (χ0) is 10.5. The van der Waals surface area contributed by atoms with Gasteiger partial charge in [-0.15, -0.1) is 0 Å². The first-order valence-electron chi connectivity index (χ1n) is 6.48. The van der Waals surface area contributed by atoms with E-state index >= 15 is 0 Å². The maximum absolute atomic E-state index is 5.95. The van der Waals surface area contributed by atoms with E-state index in [1.54, 1.807) is 0 Å². The quantitative estimate of drug-likeness (QED) is 0.763. The van der Waals surface area contributed by atoms with Gasteiger partial charge in [0, 0.05) is 32.2 Å². The van der Waals surface area contributed by atoms with Crippen molar-refractivity contribution in [2.24, 2.45) is 5.92 Å². The van der Waals surface area contributed by atoms with Crippen LogP contribution in [0.15, 0.2) is 0 Å². The number of nitrogens with one attached hydrogen (secondary N) is 1. The molecule has 0 amide bonds. The maximum atomic E-state index is 5.95. The summed E-state index contributed by atoms with van der Waals surface area (Å²) in [7, 11) is 0. The molecule has 0 bridgehead atoms. The third kappa shape index (κ3) is 2.92. The predicted octanol–water partition coefficient (Wildman–Crippen LogP) is 1.44. The van der Waals surface area contributed by atoms with Crippen molar-refractivity contribution in [1.82, 2.24) is 10.2 Å². The summed E-state index contributed by atoms with van der Waals surface area (Å²) in [5.74, 6) is 0.705. The zero-order valence-electron chi connectivity index (χ0n) is 9.87. The molecule has 2 atom stereocenters. The molecule has 88 valence electrons. The highest BCUT2D eigenvalue weighted by molar-refractivity contribution is 4.80. The molecule has 0 saturated carbocycles. The molecule has 0 spiro atoms. The number of likely N-dealkylation sites (tertiary alicyclic amines) is 1. The van der Waals surface area contributed by atoms with Gasteiger partial charge >= 0.3 is 0 Å². The van der Waals surface area contributed by atoms with Gasteiger partial charge < -0.3 is 10.1 Å². The van der Waals surface area contributed by atoms with E-state index in [-0.39, 0.29) is 0 Å². The number of ether oxygens (including phenoxy) is 1. The largest absolute Gasteiger partial charge is 0.363 e. The molecular formula is C12H24N2O. The minimum Gasteiger partial charge on any atom is -0.363 e. The number of rotatable bonds is 4. The van der Waals surface area contributed by atoms with Gasteiger partial charge in [0.2, 0.25) is 0 Å². The van der Waals surface area contributed by atoms with E-state index in [0.29, 0.717) is 12.1 Å². The van der Waals surface area contributed by atoms with Crippen LogP contribution in [-0.4, -0.2) is 43.9 Å². The van der Waals surface area contributed by atoms with Crippen LogP contribution in [0.3, 0.4) is 0 Å². The number of hydrogen-bond acceptors (Lipinski definition) is 3. The zero-order valence-corrected chi connectivity index (χ0v) is 9.87. The van der Waals surface area contributed by atoms with Crippen LogP contribution in [0, 0.1) is 5.92 Å². The van der Waals surface area contributed by atoms with Crippen LogP contribution in [0.2, 0.25) is 0 Å². The third-order valence-electron chi connectivity index (χ3n) is 3.58. The van der Waals surface area contributed by atoms with Gasteiger partial charge in [0.1, 0.15) is 6.23 Å². The first-order chi connectivity index (χ1) is 7.42. The first kappa shape index (κ1) is 11.4. The molecule has 2 rings (SSSR count). The molecule has 0 radical (unpaired) electrons. The van der Waals surface area contributed by atoms with Crippen molar-refractivity contribution in [1.29, 1.82) is 0 Å². The first-order valence-corrected chi connectivity index (χ1v) is 6.48. The highest BCUT2D eigenvalue weighted by Gasteiger charge is 2.30. The standard InChI is InChI=1S/C12H24N2O/c1-2-15-12(14-8-3-4-9-14)11-6-5-7-13-10-11/h11-13H,2-10H2,1H3. The van der Waals surface area contributed by atoms with Gasteiger partial charge in [-0.2, -0.15) is 0 Å². The number of nitrogens with zero attached hydrogens (tertiary/aromatic N) is 1. The van der Waals surface area contributed by atoms with Gasteiger partial charge in [-0.05, 0) is 39.2 Å². The summed E-state index contributed by atoms with van der Waals surface area (Å²) in [4.78, 5) is 2.54. The summed E-state index contributed by atoms with van der Waals surface area (Å²) >= 11 is 0. The van der Waals surface area contributed by atoms with Crippen LogP contribution >= 0.6 is 0 Å². The van der Waals surface area contributed by atoms with Crippen molar-refractivity contribution in [3.63, 3.8) is 0 Å². The topological polar surface area (TPSA) is 24.5 Å². The van der Waals surface area contributed by atoms with E-state index in [0.717, 1.165) is 13.2 Å². The smallest absolute Gasteiger partial charge is 0.114 e. The Morgan fingerprint density at radius 2 is 2.13 bits per heavy atom. The number of hydrogen-bond donors (Lipinski definition) is 1. The Morgan fingerprint density at radius 3 is 2.73 bits per heavy atom. The molecule has 2 aliphatic heterocycles. The van der Waals surface area contributed by atoms with Crippen molar-refractivity contribution < 1.29 is 4.74 Å². The van der Waals surface area contributed by atoms with Crippen molar-refractivity contribution in [3.05, 3.63) is 0 Å². The molecule has 0 aromatic heterocycles. The van der Waals surface area contributed by atoms with Gasteiger partial charge in [0.05, 0.1) is 0 Å². The van der Waals surface area contributed by atoms with Gasteiger partial charge in [0.15, 0.2) is 0 Å². The molecule has 1 N–H and O–H groups in total. The molecule has 15 heavy (non-hydrogen) atoms. The van der Waals surface area contributed by atoms with Crippen LogP contribution in [0.4, 0.5) is 0 Å². The Hall–Kier alpha value is -0.120. The van der Waals surface area contributed by atoms with Crippen LogP contribution in [0.5, 0.6) is 0 Å². The third-order valence-corrected chi connectivity index (χ3v) is 3.58. The minimum absolute atomic E-state index is 0.380. The Balaban J connectivity index is 1.90. The van der Waals surface area contributed by atoms with Gasteiger partial charge in [-0.25, -0.2) is 0 Å². The SMILES string of the molecule is CCOC(C1CCCNC1)N1CCCC1. The minimum atomic E-state index is 0.380.